The number of hydrogen-bond acceptors (Lipinski definition) is 6. The lowest BCUT2D eigenvalue weighted by molar-refractivity contribution is 0.105. The third-order valence-corrected chi connectivity index (χ3v) is 4.61. The van der Waals surface area contributed by atoms with Gasteiger partial charge in [-0.15, -0.1) is 0 Å². The number of amides is 1. The van der Waals surface area contributed by atoms with Crippen LogP contribution in [0.25, 0.3) is 0 Å². The summed E-state index contributed by atoms with van der Waals surface area (Å²) in [5.41, 5.74) is 1.77. The zero-order valence-corrected chi connectivity index (χ0v) is 19.4. The Morgan fingerprint density at radius 3 is 2.52 bits per heavy atom. The van der Waals surface area contributed by atoms with Crippen molar-refractivity contribution in [3.05, 3.63) is 42.0 Å². The van der Waals surface area contributed by atoms with Crippen molar-refractivity contribution in [1.82, 2.24) is 25.3 Å². The predicted octanol–water partition coefficient (Wildman–Crippen LogP) is 2.99. The van der Waals surface area contributed by atoms with Gasteiger partial charge in [-0.05, 0) is 52.0 Å². The first kappa shape index (κ1) is 24.5. The molecule has 3 N–H and O–H groups in total. The van der Waals surface area contributed by atoms with Gasteiger partial charge in [-0.25, -0.2) is 4.79 Å². The van der Waals surface area contributed by atoms with Gasteiger partial charge in [0.15, 0.2) is 5.11 Å². The fourth-order valence-electron chi connectivity index (χ4n) is 2.90. The van der Waals surface area contributed by atoms with Crippen LogP contribution in [-0.4, -0.2) is 74.5 Å². The number of aryl methyl sites for hydroxylation is 1. The number of pyridine rings is 1. The molecule has 0 spiro atoms. The van der Waals surface area contributed by atoms with Gasteiger partial charge < -0.3 is 25.2 Å². The normalized spacial score (nSPS) is 14.4. The van der Waals surface area contributed by atoms with Crippen molar-refractivity contribution in [2.75, 3.05) is 38.0 Å². The van der Waals surface area contributed by atoms with Crippen molar-refractivity contribution in [2.24, 2.45) is 0 Å². The molecule has 2 aromatic rings. The Kier molecular flexibility index (Phi) is 9.20. The smallest absolute Gasteiger partial charge is 0.407 e. The van der Waals surface area contributed by atoms with Crippen LogP contribution in [0.1, 0.15) is 32.2 Å². The summed E-state index contributed by atoms with van der Waals surface area (Å²) in [5.74, 6) is 0.892. The number of piperazine rings is 1. The van der Waals surface area contributed by atoms with Gasteiger partial charge in [0, 0.05) is 56.9 Å². The molecule has 0 aliphatic carbocycles. The molecule has 0 saturated carbocycles. The molecule has 31 heavy (non-hydrogen) atoms. The topological polar surface area (TPSA) is 107 Å². The van der Waals surface area contributed by atoms with Gasteiger partial charge in [0.2, 0.25) is 0 Å². The maximum atomic E-state index is 10.7. The largest absolute Gasteiger partial charge is 0.465 e. The van der Waals surface area contributed by atoms with Crippen molar-refractivity contribution in [1.29, 1.82) is 0 Å². The highest BCUT2D eigenvalue weighted by molar-refractivity contribution is 7.80. The highest BCUT2D eigenvalue weighted by Gasteiger charge is 2.20. The van der Waals surface area contributed by atoms with Crippen molar-refractivity contribution < 1.29 is 14.4 Å². The Labute approximate surface area is 188 Å². The summed E-state index contributed by atoms with van der Waals surface area (Å²) >= 11 is 5.13. The first-order valence-electron chi connectivity index (χ1n) is 10.2. The maximum absolute atomic E-state index is 10.7. The quantitative estimate of drug-likeness (QED) is 0.609. The third-order valence-electron chi connectivity index (χ3n) is 4.40. The van der Waals surface area contributed by atoms with Crippen LogP contribution in [0.15, 0.2) is 35.1 Å². The molecule has 170 valence electrons. The molecule has 3 rings (SSSR count). The van der Waals surface area contributed by atoms with E-state index in [0.29, 0.717) is 18.2 Å². The molecule has 0 bridgehead atoms. The van der Waals surface area contributed by atoms with Gasteiger partial charge in [-0.3, -0.25) is 9.88 Å². The van der Waals surface area contributed by atoms with Crippen LogP contribution in [0.2, 0.25) is 0 Å². The number of aromatic nitrogens is 2. The standard InChI is InChI=1S/C11H17N3O3.C10H15N3S/c1-9-8-10(17-12-9)2-3-13-4-6-14(7-5-13)11(15)16;1-10(2,3)13-9(14)12-8-5-4-6-11-7-8/h8H,2-7H2,1H3,(H,15,16);4-7H,1-3H3,(H2,12,13,14). The number of hydrogen-bond donors (Lipinski definition) is 3. The minimum atomic E-state index is -0.824. The van der Waals surface area contributed by atoms with Gasteiger partial charge in [0.25, 0.3) is 0 Å². The lowest BCUT2D eigenvalue weighted by atomic mass is 10.1. The molecule has 10 heteroatoms. The molecule has 1 fully saturated rings. The van der Waals surface area contributed by atoms with Crippen molar-refractivity contribution >= 4 is 29.1 Å². The van der Waals surface area contributed by atoms with E-state index >= 15 is 0 Å². The Balaban J connectivity index is 0.000000225. The highest BCUT2D eigenvalue weighted by atomic mass is 32.1. The Morgan fingerprint density at radius 2 is 2.00 bits per heavy atom. The maximum Gasteiger partial charge on any atom is 0.407 e. The van der Waals surface area contributed by atoms with Gasteiger partial charge >= 0.3 is 6.09 Å². The van der Waals surface area contributed by atoms with Gasteiger partial charge in [0.1, 0.15) is 5.76 Å². The molecular weight excluding hydrogens is 416 g/mol. The number of carbonyl (C=O) groups is 1. The summed E-state index contributed by atoms with van der Waals surface area (Å²) in [5, 5.41) is 19.5. The van der Waals surface area contributed by atoms with E-state index in [1.54, 1.807) is 12.4 Å². The van der Waals surface area contributed by atoms with E-state index in [0.717, 1.165) is 43.2 Å². The van der Waals surface area contributed by atoms with Crippen molar-refractivity contribution in [2.45, 2.75) is 39.7 Å². The van der Waals surface area contributed by atoms with E-state index in [4.69, 9.17) is 21.8 Å². The first-order chi connectivity index (χ1) is 14.6. The predicted molar refractivity (Wildman–Crippen MR) is 124 cm³/mol. The zero-order chi connectivity index (χ0) is 22.9. The second-order valence-electron chi connectivity index (χ2n) is 8.37. The van der Waals surface area contributed by atoms with E-state index in [1.807, 2.05) is 25.1 Å². The van der Waals surface area contributed by atoms with Gasteiger partial charge in [0.05, 0.1) is 17.6 Å². The summed E-state index contributed by atoms with van der Waals surface area (Å²) in [7, 11) is 0. The fourth-order valence-corrected chi connectivity index (χ4v) is 3.33. The monoisotopic (exact) mass is 448 g/mol. The molecule has 0 atom stereocenters. The third kappa shape index (κ3) is 9.75. The molecule has 1 saturated heterocycles. The Bertz CT molecular complexity index is 829. The average molecular weight is 449 g/mol. The minimum absolute atomic E-state index is 0.0215. The second-order valence-corrected chi connectivity index (χ2v) is 8.77. The van der Waals surface area contributed by atoms with Crippen LogP contribution in [0.5, 0.6) is 0 Å². The summed E-state index contributed by atoms with van der Waals surface area (Å²) in [4.78, 5) is 18.4. The van der Waals surface area contributed by atoms with Crippen LogP contribution in [0, 0.1) is 6.92 Å². The lowest BCUT2D eigenvalue weighted by Gasteiger charge is -2.32. The van der Waals surface area contributed by atoms with Crippen LogP contribution in [0.4, 0.5) is 10.5 Å². The number of carboxylic acid groups (broad SMARTS) is 1. The van der Waals surface area contributed by atoms with E-state index < -0.39 is 6.09 Å². The number of rotatable bonds is 4. The molecular formula is C21H32N6O3S. The summed E-state index contributed by atoms with van der Waals surface area (Å²) in [6.07, 6.45) is 3.46. The van der Waals surface area contributed by atoms with Crippen LogP contribution in [-0.2, 0) is 6.42 Å². The summed E-state index contributed by atoms with van der Waals surface area (Å²) in [6.45, 7) is 11.7. The number of nitrogens with zero attached hydrogens (tertiary/aromatic N) is 4. The Morgan fingerprint density at radius 1 is 1.29 bits per heavy atom. The molecule has 9 nitrogen and oxygen atoms in total. The van der Waals surface area contributed by atoms with E-state index in [9.17, 15) is 4.79 Å². The average Bonchev–Trinajstić information content (AvgIpc) is 3.12. The molecule has 3 heterocycles. The van der Waals surface area contributed by atoms with E-state index in [-0.39, 0.29) is 5.54 Å². The van der Waals surface area contributed by atoms with Crippen molar-refractivity contribution in [3.8, 4) is 0 Å². The highest BCUT2D eigenvalue weighted by Crippen LogP contribution is 2.07. The lowest BCUT2D eigenvalue weighted by Crippen LogP contribution is -2.48. The SMILES string of the molecule is CC(C)(C)NC(=S)Nc1cccnc1.Cc1cc(CCN2CCN(C(=O)O)CC2)on1. The fraction of sp³-hybridized carbons (Fsp3) is 0.524. The number of thiocarbonyl (C=S) groups is 1. The molecule has 0 aromatic carbocycles. The molecule has 2 aromatic heterocycles. The van der Waals surface area contributed by atoms with Gasteiger partial charge in [-0.1, -0.05) is 5.16 Å². The van der Waals surface area contributed by atoms with Gasteiger partial charge in [-0.2, -0.15) is 0 Å². The first-order valence-corrected chi connectivity index (χ1v) is 10.6. The summed E-state index contributed by atoms with van der Waals surface area (Å²) in [6, 6.07) is 5.72. The molecule has 0 radical (unpaired) electrons. The number of nitrogens with one attached hydrogen (secondary N) is 2. The molecule has 1 aliphatic rings. The molecule has 0 unspecified atom stereocenters. The number of anilines is 1. The van der Waals surface area contributed by atoms with Crippen LogP contribution in [0.3, 0.4) is 0 Å². The molecule has 1 amide bonds. The van der Waals surface area contributed by atoms with E-state index in [2.05, 4.69) is 46.4 Å². The van der Waals surface area contributed by atoms with Crippen molar-refractivity contribution in [3.63, 3.8) is 0 Å². The van der Waals surface area contributed by atoms with Crippen LogP contribution >= 0.6 is 12.2 Å². The summed E-state index contributed by atoms with van der Waals surface area (Å²) < 4.78 is 5.13. The van der Waals surface area contributed by atoms with Crippen LogP contribution < -0.4 is 10.6 Å². The molecule has 1 aliphatic heterocycles. The zero-order valence-electron chi connectivity index (χ0n) is 18.6. The van der Waals surface area contributed by atoms with E-state index in [1.165, 1.54) is 4.90 Å². The Hall–Kier alpha value is -2.72. The second kappa shape index (κ2) is 11.6. The minimum Gasteiger partial charge on any atom is -0.465 e.